The molecule has 0 saturated heterocycles. The molecule has 0 radical (unpaired) electrons. The number of carbonyl (C=O) groups is 1. The summed E-state index contributed by atoms with van der Waals surface area (Å²) in [5, 5.41) is 23.0. The van der Waals surface area contributed by atoms with E-state index in [-0.39, 0.29) is 11.4 Å². The lowest BCUT2D eigenvalue weighted by Gasteiger charge is -2.03. The van der Waals surface area contributed by atoms with E-state index in [1.165, 1.54) is 12.1 Å². The fourth-order valence-electron chi connectivity index (χ4n) is 1.52. The van der Waals surface area contributed by atoms with Crippen molar-refractivity contribution in [3.63, 3.8) is 0 Å². The van der Waals surface area contributed by atoms with Gasteiger partial charge in [-0.05, 0) is 12.5 Å². The number of nitrogens with one attached hydrogen (secondary N) is 1. The van der Waals surface area contributed by atoms with Gasteiger partial charge < -0.3 is 5.11 Å². The van der Waals surface area contributed by atoms with E-state index in [2.05, 4.69) is 5.10 Å². The Kier molecular flexibility index (Phi) is 2.87. The highest BCUT2D eigenvalue weighted by Gasteiger charge is 2.16. The Labute approximate surface area is 105 Å². The van der Waals surface area contributed by atoms with Gasteiger partial charge in [0, 0.05) is 12.1 Å². The number of carboxylic acid groups (broad SMARTS) is 1. The summed E-state index contributed by atoms with van der Waals surface area (Å²) in [5.74, 6) is -1.92. The molecule has 0 spiro atoms. The average molecular weight is 264 g/mol. The molecule has 0 bridgehead atoms. The van der Waals surface area contributed by atoms with Crippen molar-refractivity contribution in [1.82, 2.24) is 14.8 Å². The molecule has 0 saturated carbocycles. The smallest absolute Gasteiger partial charge is 0.373 e. The van der Waals surface area contributed by atoms with Crippen molar-refractivity contribution in [3.05, 3.63) is 50.2 Å². The Morgan fingerprint density at radius 3 is 2.74 bits per heavy atom. The number of H-pyrrole nitrogens is 1. The van der Waals surface area contributed by atoms with E-state index >= 15 is 0 Å². The first-order chi connectivity index (χ1) is 8.90. The van der Waals surface area contributed by atoms with Gasteiger partial charge in [0.1, 0.15) is 0 Å². The van der Waals surface area contributed by atoms with Gasteiger partial charge in [0.2, 0.25) is 5.82 Å². The number of nitro benzene ring substituents is 1. The molecule has 0 atom stereocenters. The van der Waals surface area contributed by atoms with Crippen LogP contribution in [0, 0.1) is 17.0 Å². The lowest BCUT2D eigenvalue weighted by molar-refractivity contribution is -0.384. The summed E-state index contributed by atoms with van der Waals surface area (Å²) < 4.78 is 0.784. The predicted octanol–water partition coefficient (Wildman–Crippen LogP) is 0.475. The molecular formula is C10H8N4O5. The second-order valence-corrected chi connectivity index (χ2v) is 3.72. The summed E-state index contributed by atoms with van der Waals surface area (Å²) in [6, 6.07) is 3.90. The molecule has 0 amide bonds. The lowest BCUT2D eigenvalue weighted by Crippen LogP contribution is -2.17. The fourth-order valence-corrected chi connectivity index (χ4v) is 1.52. The van der Waals surface area contributed by atoms with E-state index in [4.69, 9.17) is 5.11 Å². The average Bonchev–Trinajstić information content (AvgIpc) is 2.72. The molecule has 0 fully saturated rings. The molecule has 0 aliphatic rings. The largest absolute Gasteiger partial charge is 0.475 e. The zero-order valence-electron chi connectivity index (χ0n) is 9.65. The number of non-ortho nitro benzene ring substituents is 1. The van der Waals surface area contributed by atoms with E-state index in [9.17, 15) is 19.7 Å². The normalized spacial score (nSPS) is 10.4. The number of hydrogen-bond acceptors (Lipinski definition) is 5. The zero-order valence-corrected chi connectivity index (χ0v) is 9.65. The second kappa shape index (κ2) is 4.37. The highest BCUT2D eigenvalue weighted by molar-refractivity contribution is 5.82. The monoisotopic (exact) mass is 264 g/mol. The highest BCUT2D eigenvalue weighted by Crippen LogP contribution is 2.19. The molecule has 2 aromatic rings. The highest BCUT2D eigenvalue weighted by atomic mass is 16.6. The number of aromatic amines is 1. The molecule has 19 heavy (non-hydrogen) atoms. The summed E-state index contributed by atoms with van der Waals surface area (Å²) in [4.78, 5) is 34.4. The first-order valence-electron chi connectivity index (χ1n) is 5.08. The van der Waals surface area contributed by atoms with Crippen molar-refractivity contribution in [1.29, 1.82) is 0 Å². The van der Waals surface area contributed by atoms with Gasteiger partial charge in [0.05, 0.1) is 10.6 Å². The van der Waals surface area contributed by atoms with Crippen LogP contribution in [0.3, 0.4) is 0 Å². The second-order valence-electron chi connectivity index (χ2n) is 3.72. The van der Waals surface area contributed by atoms with Crippen LogP contribution in [0.5, 0.6) is 0 Å². The minimum Gasteiger partial charge on any atom is -0.475 e. The van der Waals surface area contributed by atoms with Crippen LogP contribution in [0.4, 0.5) is 5.69 Å². The van der Waals surface area contributed by atoms with Gasteiger partial charge >= 0.3 is 11.7 Å². The first kappa shape index (κ1) is 12.5. The lowest BCUT2D eigenvalue weighted by atomic mass is 10.2. The van der Waals surface area contributed by atoms with E-state index in [1.54, 1.807) is 6.92 Å². The van der Waals surface area contributed by atoms with Gasteiger partial charge in [0.25, 0.3) is 5.69 Å². The molecule has 9 nitrogen and oxygen atoms in total. The van der Waals surface area contributed by atoms with Crippen LogP contribution >= 0.6 is 0 Å². The Morgan fingerprint density at radius 1 is 1.53 bits per heavy atom. The summed E-state index contributed by atoms with van der Waals surface area (Å²) in [7, 11) is 0. The minimum absolute atomic E-state index is 0.156. The fraction of sp³-hybridized carbons (Fsp3) is 0.100. The maximum atomic E-state index is 11.6. The number of carboxylic acids is 1. The third kappa shape index (κ3) is 2.20. The van der Waals surface area contributed by atoms with E-state index in [1.807, 2.05) is 4.98 Å². The van der Waals surface area contributed by atoms with Crippen molar-refractivity contribution >= 4 is 11.7 Å². The van der Waals surface area contributed by atoms with Crippen LogP contribution < -0.4 is 5.69 Å². The molecule has 0 aliphatic heterocycles. The molecule has 1 aromatic heterocycles. The maximum absolute atomic E-state index is 11.6. The van der Waals surface area contributed by atoms with Crippen LogP contribution in [-0.4, -0.2) is 30.8 Å². The van der Waals surface area contributed by atoms with Crippen molar-refractivity contribution < 1.29 is 14.8 Å². The number of aromatic carboxylic acids is 1. The molecule has 2 N–H and O–H groups in total. The quantitative estimate of drug-likeness (QED) is 0.612. The van der Waals surface area contributed by atoms with Gasteiger partial charge in [-0.2, -0.15) is 4.68 Å². The van der Waals surface area contributed by atoms with Crippen LogP contribution in [0.2, 0.25) is 0 Å². The summed E-state index contributed by atoms with van der Waals surface area (Å²) >= 11 is 0. The number of nitro groups is 1. The van der Waals surface area contributed by atoms with Gasteiger partial charge in [-0.3, -0.25) is 15.1 Å². The first-order valence-corrected chi connectivity index (χ1v) is 5.08. The molecule has 9 heteroatoms. The van der Waals surface area contributed by atoms with Gasteiger partial charge in [-0.15, -0.1) is 5.10 Å². The number of aromatic nitrogens is 3. The van der Waals surface area contributed by atoms with Crippen molar-refractivity contribution in [2.24, 2.45) is 0 Å². The van der Waals surface area contributed by atoms with E-state index in [0.29, 0.717) is 5.56 Å². The molecular weight excluding hydrogens is 256 g/mol. The van der Waals surface area contributed by atoms with Gasteiger partial charge in [-0.1, -0.05) is 6.07 Å². The minimum atomic E-state index is -1.39. The summed E-state index contributed by atoms with van der Waals surface area (Å²) in [5.41, 5.74) is -0.285. The molecule has 1 heterocycles. The Balaban J connectivity index is 2.64. The Hall–Kier alpha value is -2.97. The molecule has 98 valence electrons. The number of hydrogen-bond donors (Lipinski definition) is 2. The molecule has 2 rings (SSSR count). The molecule has 1 aromatic carbocycles. The maximum Gasteiger partial charge on any atom is 0.373 e. The number of nitrogens with zero attached hydrogens (tertiary/aromatic N) is 3. The molecule has 0 aliphatic carbocycles. The third-order valence-corrected chi connectivity index (χ3v) is 2.45. The standard InChI is InChI=1S/C10H8N4O5/c1-5-2-3-6(14(18)19)4-7(5)13-10(17)11-8(12-13)9(15)16/h2-4H,1H3,(H,15,16)(H,11,12,17). The number of aryl methyl sites for hydroxylation is 1. The van der Waals surface area contributed by atoms with Crippen molar-refractivity contribution in [2.45, 2.75) is 6.92 Å². The predicted molar refractivity (Wildman–Crippen MR) is 62.5 cm³/mol. The van der Waals surface area contributed by atoms with Crippen LogP contribution in [0.25, 0.3) is 5.69 Å². The van der Waals surface area contributed by atoms with E-state index < -0.39 is 22.4 Å². The zero-order chi connectivity index (χ0) is 14.2. The Morgan fingerprint density at radius 2 is 2.21 bits per heavy atom. The van der Waals surface area contributed by atoms with Crippen molar-refractivity contribution in [3.8, 4) is 5.69 Å². The van der Waals surface area contributed by atoms with Gasteiger partial charge in [-0.25, -0.2) is 9.59 Å². The van der Waals surface area contributed by atoms with Gasteiger partial charge in [0.15, 0.2) is 0 Å². The SMILES string of the molecule is Cc1ccc([N+](=O)[O-])cc1-n1nc(C(=O)O)[nH]c1=O. The van der Waals surface area contributed by atoms with Crippen LogP contribution in [0.1, 0.15) is 16.2 Å². The topological polar surface area (TPSA) is 131 Å². The van der Waals surface area contributed by atoms with Crippen LogP contribution in [-0.2, 0) is 0 Å². The number of benzene rings is 1. The number of rotatable bonds is 3. The summed E-state index contributed by atoms with van der Waals surface area (Å²) in [6.07, 6.45) is 0. The molecule has 0 unspecified atom stereocenters. The Bertz CT molecular complexity index is 730. The summed E-state index contributed by atoms with van der Waals surface area (Å²) in [6.45, 7) is 1.63. The van der Waals surface area contributed by atoms with E-state index in [0.717, 1.165) is 10.7 Å². The van der Waals surface area contributed by atoms with Crippen molar-refractivity contribution in [2.75, 3.05) is 0 Å². The van der Waals surface area contributed by atoms with Crippen LogP contribution in [0.15, 0.2) is 23.0 Å². The third-order valence-electron chi connectivity index (χ3n) is 2.45.